The summed E-state index contributed by atoms with van der Waals surface area (Å²) >= 11 is 0. The van der Waals surface area contributed by atoms with E-state index in [1.807, 2.05) is 10.7 Å². The van der Waals surface area contributed by atoms with Gasteiger partial charge in [-0.2, -0.15) is 5.10 Å². The Morgan fingerprint density at radius 2 is 1.69 bits per heavy atom. The number of piperidine rings is 1. The van der Waals surface area contributed by atoms with E-state index in [9.17, 15) is 4.79 Å². The zero-order valence-corrected chi connectivity index (χ0v) is 21.8. The Hall–Kier alpha value is -2.86. The van der Waals surface area contributed by atoms with E-state index in [1.165, 1.54) is 54.7 Å². The zero-order chi connectivity index (χ0) is 24.6. The second-order valence-corrected chi connectivity index (χ2v) is 11.3. The highest BCUT2D eigenvalue weighted by atomic mass is 16.2. The number of hydrogen-bond donors (Lipinski definition) is 0. The number of fused-ring (bicyclic) bond motifs is 1. The van der Waals surface area contributed by atoms with Crippen molar-refractivity contribution in [2.75, 3.05) is 44.2 Å². The first kappa shape index (κ1) is 23.5. The molecule has 6 heteroatoms. The van der Waals surface area contributed by atoms with Gasteiger partial charge in [0.1, 0.15) is 0 Å². The number of carbonyl (C=O) groups excluding carboxylic acids is 1. The minimum Gasteiger partial charge on any atom is -0.366 e. The third kappa shape index (κ3) is 4.52. The molecule has 190 valence electrons. The Kier molecular flexibility index (Phi) is 6.46. The highest BCUT2D eigenvalue weighted by Gasteiger charge is 2.31. The van der Waals surface area contributed by atoms with Crippen LogP contribution in [-0.2, 0) is 4.79 Å². The lowest BCUT2D eigenvalue weighted by Gasteiger charge is -2.39. The third-order valence-electron chi connectivity index (χ3n) is 8.77. The molecule has 1 amide bonds. The van der Waals surface area contributed by atoms with Crippen LogP contribution in [0, 0.1) is 5.92 Å². The number of piperazine rings is 1. The van der Waals surface area contributed by atoms with Crippen molar-refractivity contribution in [3.8, 4) is 11.1 Å². The molecule has 3 aromatic rings. The maximum atomic E-state index is 12.7. The van der Waals surface area contributed by atoms with Gasteiger partial charge in [0.25, 0.3) is 0 Å². The predicted molar refractivity (Wildman–Crippen MR) is 145 cm³/mol. The van der Waals surface area contributed by atoms with E-state index in [1.54, 1.807) is 0 Å². The van der Waals surface area contributed by atoms with Crippen LogP contribution in [0.1, 0.15) is 57.4 Å². The summed E-state index contributed by atoms with van der Waals surface area (Å²) in [4.78, 5) is 19.8. The van der Waals surface area contributed by atoms with Crippen LogP contribution in [0.2, 0.25) is 0 Å². The molecule has 2 aliphatic heterocycles. The first-order chi connectivity index (χ1) is 17.6. The Morgan fingerprint density at radius 1 is 0.917 bits per heavy atom. The first-order valence-electron chi connectivity index (χ1n) is 13.9. The maximum Gasteiger partial charge on any atom is 0.225 e. The Labute approximate surface area is 214 Å². The van der Waals surface area contributed by atoms with E-state index < -0.39 is 0 Å². The molecular weight excluding hydrogens is 446 g/mol. The van der Waals surface area contributed by atoms with Gasteiger partial charge in [-0.15, -0.1) is 0 Å². The normalized spacial score (nSPS) is 21.8. The SMILES string of the molecule is CC(C)N1CCC[C@H](c2ccc(-c3cc4c(N5CCN(C(=O)C6CCC6)CC5)ccnn4c3)cc2)C1. The second kappa shape index (κ2) is 9.89. The Morgan fingerprint density at radius 3 is 2.39 bits per heavy atom. The molecule has 36 heavy (non-hydrogen) atoms. The van der Waals surface area contributed by atoms with Crippen molar-refractivity contribution in [2.45, 2.75) is 57.9 Å². The fourth-order valence-corrected chi connectivity index (χ4v) is 6.20. The molecule has 6 rings (SSSR count). The standard InChI is InChI=1S/C30H39N5O/c1-22(2)34-14-4-7-26(20-34)23-8-10-24(11-9-23)27-19-29-28(12-13-31-35(29)21-27)32-15-17-33(18-16-32)30(36)25-5-3-6-25/h8-13,19,21-22,25-26H,3-7,14-18,20H2,1-2H3/t26-/m0/s1. The summed E-state index contributed by atoms with van der Waals surface area (Å²) in [6.45, 7) is 10.4. The smallest absolute Gasteiger partial charge is 0.225 e. The van der Waals surface area contributed by atoms with Crippen molar-refractivity contribution < 1.29 is 4.79 Å². The molecule has 2 saturated heterocycles. The van der Waals surface area contributed by atoms with Crippen LogP contribution in [-0.4, -0.2) is 70.6 Å². The number of carbonyl (C=O) groups is 1. The van der Waals surface area contributed by atoms with Crippen molar-refractivity contribution >= 4 is 17.1 Å². The van der Waals surface area contributed by atoms with Crippen molar-refractivity contribution in [1.82, 2.24) is 19.4 Å². The minimum absolute atomic E-state index is 0.288. The van der Waals surface area contributed by atoms with E-state index in [-0.39, 0.29) is 5.92 Å². The van der Waals surface area contributed by atoms with Crippen LogP contribution in [0.4, 0.5) is 5.69 Å². The lowest BCUT2D eigenvalue weighted by Crippen LogP contribution is -2.51. The van der Waals surface area contributed by atoms with Crippen LogP contribution in [0.3, 0.4) is 0 Å². The first-order valence-corrected chi connectivity index (χ1v) is 13.9. The predicted octanol–water partition coefficient (Wildman–Crippen LogP) is 5.04. The molecule has 6 nitrogen and oxygen atoms in total. The lowest BCUT2D eigenvalue weighted by molar-refractivity contribution is -0.138. The van der Waals surface area contributed by atoms with E-state index in [4.69, 9.17) is 0 Å². The van der Waals surface area contributed by atoms with Gasteiger partial charge in [0.15, 0.2) is 0 Å². The summed E-state index contributed by atoms with van der Waals surface area (Å²) in [5.74, 6) is 1.29. The maximum absolute atomic E-state index is 12.7. The molecule has 2 aromatic heterocycles. The minimum atomic E-state index is 0.288. The van der Waals surface area contributed by atoms with Gasteiger partial charge in [-0.1, -0.05) is 30.7 Å². The van der Waals surface area contributed by atoms with Crippen molar-refractivity contribution in [3.63, 3.8) is 0 Å². The molecule has 0 spiro atoms. The fourth-order valence-electron chi connectivity index (χ4n) is 6.20. The van der Waals surface area contributed by atoms with Gasteiger partial charge in [0.05, 0.1) is 11.2 Å². The molecule has 0 N–H and O–H groups in total. The number of rotatable bonds is 5. The van der Waals surface area contributed by atoms with Crippen molar-refractivity contribution in [2.24, 2.45) is 5.92 Å². The largest absolute Gasteiger partial charge is 0.366 e. The van der Waals surface area contributed by atoms with Crippen LogP contribution < -0.4 is 4.90 Å². The third-order valence-corrected chi connectivity index (χ3v) is 8.77. The summed E-state index contributed by atoms with van der Waals surface area (Å²) in [7, 11) is 0. The number of amides is 1. The molecule has 1 atom stereocenters. The monoisotopic (exact) mass is 485 g/mol. The summed E-state index contributed by atoms with van der Waals surface area (Å²) in [5.41, 5.74) is 6.24. The fraction of sp³-hybridized carbons (Fsp3) is 0.533. The highest BCUT2D eigenvalue weighted by Crippen LogP contribution is 2.33. The second-order valence-electron chi connectivity index (χ2n) is 11.3. The van der Waals surface area contributed by atoms with Gasteiger partial charge < -0.3 is 14.7 Å². The average Bonchev–Trinajstić information content (AvgIpc) is 3.32. The molecule has 1 aromatic carbocycles. The van der Waals surface area contributed by atoms with Crippen LogP contribution in [0.15, 0.2) is 48.8 Å². The van der Waals surface area contributed by atoms with E-state index in [2.05, 4.69) is 76.2 Å². The Bertz CT molecular complexity index is 1200. The summed E-state index contributed by atoms with van der Waals surface area (Å²) < 4.78 is 2.01. The van der Waals surface area contributed by atoms with Crippen LogP contribution >= 0.6 is 0 Å². The Balaban J connectivity index is 1.17. The number of hydrogen-bond acceptors (Lipinski definition) is 4. The van der Waals surface area contributed by atoms with Gasteiger partial charge in [0.2, 0.25) is 5.91 Å². The van der Waals surface area contributed by atoms with Gasteiger partial charge in [-0.3, -0.25) is 4.79 Å². The van der Waals surface area contributed by atoms with E-state index in [0.717, 1.165) is 44.5 Å². The zero-order valence-electron chi connectivity index (χ0n) is 21.8. The van der Waals surface area contributed by atoms with Crippen molar-refractivity contribution in [3.05, 3.63) is 54.4 Å². The quantitative estimate of drug-likeness (QED) is 0.508. The number of likely N-dealkylation sites (tertiary alicyclic amines) is 1. The number of nitrogens with zero attached hydrogens (tertiary/aromatic N) is 5. The van der Waals surface area contributed by atoms with Crippen molar-refractivity contribution in [1.29, 1.82) is 0 Å². The number of benzene rings is 1. The highest BCUT2D eigenvalue weighted by molar-refractivity contribution is 5.81. The molecular formula is C30H39N5O. The van der Waals surface area contributed by atoms with Gasteiger partial charge in [0, 0.05) is 62.6 Å². The molecule has 4 heterocycles. The van der Waals surface area contributed by atoms with Gasteiger partial charge in [-0.25, -0.2) is 4.52 Å². The van der Waals surface area contributed by atoms with Crippen LogP contribution in [0.5, 0.6) is 0 Å². The number of aromatic nitrogens is 2. The molecule has 3 aliphatic rings. The van der Waals surface area contributed by atoms with E-state index >= 15 is 0 Å². The molecule has 0 radical (unpaired) electrons. The lowest BCUT2D eigenvalue weighted by atomic mass is 9.84. The van der Waals surface area contributed by atoms with E-state index in [0.29, 0.717) is 17.9 Å². The van der Waals surface area contributed by atoms with Crippen LogP contribution in [0.25, 0.3) is 16.6 Å². The number of anilines is 1. The molecule has 3 fully saturated rings. The average molecular weight is 486 g/mol. The molecule has 1 aliphatic carbocycles. The van der Waals surface area contributed by atoms with Gasteiger partial charge >= 0.3 is 0 Å². The van der Waals surface area contributed by atoms with Gasteiger partial charge in [-0.05, 0) is 75.3 Å². The molecule has 0 bridgehead atoms. The summed E-state index contributed by atoms with van der Waals surface area (Å²) in [6.07, 6.45) is 9.97. The topological polar surface area (TPSA) is 44.1 Å². The summed E-state index contributed by atoms with van der Waals surface area (Å²) in [5, 5.41) is 4.60. The molecule has 1 saturated carbocycles. The molecule has 0 unspecified atom stereocenters. The summed E-state index contributed by atoms with van der Waals surface area (Å²) in [6, 6.07) is 14.2.